The van der Waals surface area contributed by atoms with Gasteiger partial charge in [-0.05, 0) is 36.1 Å². The molecule has 3 rings (SSSR count). The van der Waals surface area contributed by atoms with Crippen LogP contribution in [0.25, 0.3) is 11.1 Å². The highest BCUT2D eigenvalue weighted by molar-refractivity contribution is 7.92. The number of para-hydroxylation sites is 1. The van der Waals surface area contributed by atoms with Gasteiger partial charge in [-0.25, -0.2) is 13.2 Å². The van der Waals surface area contributed by atoms with Crippen molar-refractivity contribution in [2.24, 2.45) is 0 Å². The Labute approximate surface area is 139 Å². The maximum Gasteiger partial charge on any atom is 0.417 e. The summed E-state index contributed by atoms with van der Waals surface area (Å²) < 4.78 is 32.9. The van der Waals surface area contributed by atoms with Crippen molar-refractivity contribution in [3.8, 4) is 0 Å². The fourth-order valence-corrected chi connectivity index (χ4v) is 3.64. The number of anilines is 1. The fourth-order valence-electron chi connectivity index (χ4n) is 2.54. The number of hydrogen-bond donors (Lipinski definition) is 2. The second kappa shape index (κ2) is 6.16. The number of benzene rings is 2. The minimum absolute atomic E-state index is 0.0386. The topological polar surface area (TPSA) is 92.2 Å². The van der Waals surface area contributed by atoms with Crippen molar-refractivity contribution in [2.45, 2.75) is 31.1 Å². The standard InChI is InChI=1S/C17H18N2O4S/c1-3-11(2)13-6-4-5-7-14(13)19-24(21,22)12-8-9-15-16(10-12)23-17(20)18-15/h4-11,19H,3H2,1-2H3,(H,18,20)/t11-/m0/s1. The molecule has 0 aliphatic heterocycles. The highest BCUT2D eigenvalue weighted by Crippen LogP contribution is 2.28. The summed E-state index contributed by atoms with van der Waals surface area (Å²) in [4.78, 5) is 13.7. The third-order valence-electron chi connectivity index (χ3n) is 4.05. The van der Waals surface area contributed by atoms with Crippen molar-refractivity contribution >= 4 is 26.8 Å². The van der Waals surface area contributed by atoms with Crippen LogP contribution in [0.4, 0.5) is 5.69 Å². The van der Waals surface area contributed by atoms with Gasteiger partial charge in [-0.15, -0.1) is 0 Å². The molecule has 1 aromatic heterocycles. The molecule has 2 aromatic carbocycles. The van der Waals surface area contributed by atoms with E-state index in [9.17, 15) is 13.2 Å². The lowest BCUT2D eigenvalue weighted by atomic mass is 9.97. The molecular weight excluding hydrogens is 328 g/mol. The van der Waals surface area contributed by atoms with E-state index in [0.29, 0.717) is 11.2 Å². The Balaban J connectivity index is 2.00. The van der Waals surface area contributed by atoms with Crippen molar-refractivity contribution in [1.82, 2.24) is 4.98 Å². The summed E-state index contributed by atoms with van der Waals surface area (Å²) >= 11 is 0. The van der Waals surface area contributed by atoms with Crippen LogP contribution in [0.3, 0.4) is 0 Å². The molecule has 0 unspecified atom stereocenters. The van der Waals surface area contributed by atoms with E-state index in [1.165, 1.54) is 18.2 Å². The van der Waals surface area contributed by atoms with Gasteiger partial charge in [0.25, 0.3) is 10.0 Å². The molecular formula is C17H18N2O4S. The molecule has 126 valence electrons. The number of nitrogens with one attached hydrogen (secondary N) is 2. The van der Waals surface area contributed by atoms with Crippen molar-refractivity contribution < 1.29 is 12.8 Å². The van der Waals surface area contributed by atoms with Gasteiger partial charge in [0.2, 0.25) is 0 Å². The average Bonchev–Trinajstić information content (AvgIpc) is 2.93. The first-order valence-corrected chi connectivity index (χ1v) is 9.13. The molecule has 0 aliphatic rings. The van der Waals surface area contributed by atoms with E-state index in [1.54, 1.807) is 12.1 Å². The number of hydrogen-bond acceptors (Lipinski definition) is 4. The summed E-state index contributed by atoms with van der Waals surface area (Å²) in [6, 6.07) is 11.6. The molecule has 0 aliphatic carbocycles. The molecule has 0 amide bonds. The van der Waals surface area contributed by atoms with Crippen LogP contribution in [-0.4, -0.2) is 13.4 Å². The Bertz CT molecular complexity index is 1030. The lowest BCUT2D eigenvalue weighted by Gasteiger charge is -2.16. The van der Waals surface area contributed by atoms with Crippen molar-refractivity contribution in [3.63, 3.8) is 0 Å². The van der Waals surface area contributed by atoms with Crippen LogP contribution in [-0.2, 0) is 10.0 Å². The van der Waals surface area contributed by atoms with Crippen LogP contribution in [0.2, 0.25) is 0 Å². The smallest absolute Gasteiger partial charge is 0.408 e. The number of oxazole rings is 1. The molecule has 0 radical (unpaired) electrons. The zero-order valence-corrected chi connectivity index (χ0v) is 14.2. The Morgan fingerprint density at radius 3 is 2.71 bits per heavy atom. The number of aromatic amines is 1. The Kier molecular flexibility index (Phi) is 4.19. The summed E-state index contributed by atoms with van der Waals surface area (Å²) in [6.07, 6.45) is 0.902. The van der Waals surface area contributed by atoms with E-state index in [4.69, 9.17) is 4.42 Å². The fraction of sp³-hybridized carbons (Fsp3) is 0.235. The molecule has 0 bridgehead atoms. The van der Waals surface area contributed by atoms with E-state index >= 15 is 0 Å². The zero-order valence-electron chi connectivity index (χ0n) is 13.4. The number of sulfonamides is 1. The minimum atomic E-state index is -3.79. The zero-order chi connectivity index (χ0) is 17.3. The van der Waals surface area contributed by atoms with Gasteiger partial charge in [-0.1, -0.05) is 32.0 Å². The molecule has 1 atom stereocenters. The SMILES string of the molecule is CC[C@H](C)c1ccccc1NS(=O)(=O)c1ccc2[nH]c(=O)oc2c1. The first kappa shape index (κ1) is 16.3. The van der Waals surface area contributed by atoms with Crippen LogP contribution in [0.1, 0.15) is 31.7 Å². The van der Waals surface area contributed by atoms with E-state index in [2.05, 4.69) is 16.6 Å². The largest absolute Gasteiger partial charge is 0.417 e. The van der Waals surface area contributed by atoms with Gasteiger partial charge in [-0.3, -0.25) is 9.71 Å². The molecule has 2 N–H and O–H groups in total. The monoisotopic (exact) mass is 346 g/mol. The van der Waals surface area contributed by atoms with Gasteiger partial charge in [0, 0.05) is 6.07 Å². The maximum atomic E-state index is 12.7. The second-order valence-electron chi connectivity index (χ2n) is 5.67. The highest BCUT2D eigenvalue weighted by Gasteiger charge is 2.18. The molecule has 0 spiro atoms. The van der Waals surface area contributed by atoms with E-state index in [0.717, 1.165) is 12.0 Å². The maximum absolute atomic E-state index is 12.7. The summed E-state index contributed by atoms with van der Waals surface area (Å²) in [6.45, 7) is 4.10. The summed E-state index contributed by atoms with van der Waals surface area (Å²) in [5.74, 6) is -0.385. The Hall–Kier alpha value is -2.54. The highest BCUT2D eigenvalue weighted by atomic mass is 32.2. The molecule has 0 fully saturated rings. The molecule has 6 nitrogen and oxygen atoms in total. The average molecular weight is 346 g/mol. The number of rotatable bonds is 5. The molecule has 3 aromatic rings. The normalized spacial score (nSPS) is 13.1. The first-order valence-electron chi connectivity index (χ1n) is 7.65. The van der Waals surface area contributed by atoms with Gasteiger partial charge < -0.3 is 4.42 Å². The quantitative estimate of drug-likeness (QED) is 0.740. The van der Waals surface area contributed by atoms with Gasteiger partial charge in [0.15, 0.2) is 5.58 Å². The summed E-state index contributed by atoms with van der Waals surface area (Å²) in [7, 11) is -3.79. The predicted molar refractivity (Wildman–Crippen MR) is 92.8 cm³/mol. The van der Waals surface area contributed by atoms with Gasteiger partial charge in [-0.2, -0.15) is 0 Å². The Morgan fingerprint density at radius 2 is 1.96 bits per heavy atom. The predicted octanol–water partition coefficient (Wildman–Crippen LogP) is 3.44. The number of aromatic nitrogens is 1. The summed E-state index contributed by atoms with van der Waals surface area (Å²) in [5.41, 5.74) is 2.16. The van der Waals surface area contributed by atoms with Gasteiger partial charge in [0.1, 0.15) is 0 Å². The molecule has 0 saturated heterocycles. The van der Waals surface area contributed by atoms with Crippen LogP contribution >= 0.6 is 0 Å². The minimum Gasteiger partial charge on any atom is -0.408 e. The molecule has 1 heterocycles. The van der Waals surface area contributed by atoms with Crippen molar-refractivity contribution in [3.05, 3.63) is 58.6 Å². The third kappa shape index (κ3) is 3.07. The Morgan fingerprint density at radius 1 is 1.21 bits per heavy atom. The van der Waals surface area contributed by atoms with Crippen LogP contribution in [0.5, 0.6) is 0 Å². The third-order valence-corrected chi connectivity index (χ3v) is 5.41. The van der Waals surface area contributed by atoms with E-state index in [1.807, 2.05) is 19.1 Å². The molecule has 24 heavy (non-hydrogen) atoms. The number of fused-ring (bicyclic) bond motifs is 1. The molecule has 7 heteroatoms. The van der Waals surface area contributed by atoms with Crippen molar-refractivity contribution in [2.75, 3.05) is 4.72 Å². The second-order valence-corrected chi connectivity index (χ2v) is 7.36. The van der Waals surface area contributed by atoms with Gasteiger partial charge in [0.05, 0.1) is 16.1 Å². The number of H-pyrrole nitrogens is 1. The summed E-state index contributed by atoms with van der Waals surface area (Å²) in [5, 5.41) is 0. The van der Waals surface area contributed by atoms with Crippen LogP contribution < -0.4 is 10.5 Å². The van der Waals surface area contributed by atoms with E-state index < -0.39 is 15.8 Å². The van der Waals surface area contributed by atoms with E-state index in [-0.39, 0.29) is 16.4 Å². The van der Waals surface area contributed by atoms with Crippen molar-refractivity contribution in [1.29, 1.82) is 0 Å². The lowest BCUT2D eigenvalue weighted by molar-refractivity contribution is 0.554. The van der Waals surface area contributed by atoms with Gasteiger partial charge >= 0.3 is 5.76 Å². The molecule has 0 saturated carbocycles. The van der Waals surface area contributed by atoms with Crippen LogP contribution in [0.15, 0.2) is 56.6 Å². The first-order chi connectivity index (χ1) is 11.4. The lowest BCUT2D eigenvalue weighted by Crippen LogP contribution is -2.14. The van der Waals surface area contributed by atoms with Crippen LogP contribution in [0, 0.1) is 0 Å².